The molecule has 1 aromatic rings. The molecule has 0 radical (unpaired) electrons. The summed E-state index contributed by atoms with van der Waals surface area (Å²) in [6.07, 6.45) is 0.185. The fourth-order valence-corrected chi connectivity index (χ4v) is 2.84. The molecule has 0 unspecified atom stereocenters. The van der Waals surface area contributed by atoms with Crippen LogP contribution in [0.15, 0.2) is 41.9 Å². The van der Waals surface area contributed by atoms with Crippen molar-refractivity contribution in [3.63, 3.8) is 0 Å². The molecule has 0 amide bonds. The lowest BCUT2D eigenvalue weighted by Crippen LogP contribution is -2.49. The third kappa shape index (κ3) is 4.06. The van der Waals surface area contributed by atoms with E-state index in [1.807, 2.05) is 0 Å². The lowest BCUT2D eigenvalue weighted by atomic mass is 9.64. The molecular weight excluding hydrogens is 303 g/mol. The van der Waals surface area contributed by atoms with Gasteiger partial charge in [-0.05, 0) is 24.5 Å². The first-order chi connectivity index (χ1) is 10.9. The van der Waals surface area contributed by atoms with Crippen LogP contribution in [0, 0.1) is 0 Å². The molecule has 0 heterocycles. The van der Waals surface area contributed by atoms with E-state index in [1.54, 1.807) is 19.2 Å². The molecule has 0 aliphatic heterocycles. The van der Waals surface area contributed by atoms with Gasteiger partial charge in [0.15, 0.2) is 5.96 Å². The van der Waals surface area contributed by atoms with E-state index in [0.29, 0.717) is 19.0 Å². The molecule has 126 valence electrons. The van der Waals surface area contributed by atoms with Crippen LogP contribution in [0.5, 0.6) is 0 Å². The Balaban J connectivity index is 2.13. The van der Waals surface area contributed by atoms with Crippen LogP contribution in [-0.2, 0) is 11.6 Å². The Kier molecular flexibility index (Phi) is 5.34. The molecule has 0 bridgehead atoms. The van der Waals surface area contributed by atoms with Gasteiger partial charge >= 0.3 is 6.18 Å². The second kappa shape index (κ2) is 7.06. The molecule has 0 aromatic heterocycles. The second-order valence-electron chi connectivity index (χ2n) is 5.81. The van der Waals surface area contributed by atoms with Crippen molar-refractivity contribution in [1.29, 1.82) is 0 Å². The van der Waals surface area contributed by atoms with Crippen LogP contribution in [-0.4, -0.2) is 26.1 Å². The molecule has 23 heavy (non-hydrogen) atoms. The average Bonchev–Trinajstić information content (AvgIpc) is 2.48. The van der Waals surface area contributed by atoms with E-state index < -0.39 is 11.7 Å². The Bertz CT molecular complexity index is 575. The Morgan fingerprint density at radius 3 is 2.61 bits per heavy atom. The summed E-state index contributed by atoms with van der Waals surface area (Å²) in [5.41, 5.74) is -0.103. The maximum atomic E-state index is 12.9. The van der Waals surface area contributed by atoms with Crippen LogP contribution >= 0.6 is 0 Å². The van der Waals surface area contributed by atoms with E-state index >= 15 is 0 Å². The molecule has 0 atom stereocenters. The largest absolute Gasteiger partial charge is 0.416 e. The molecule has 1 fully saturated rings. The van der Waals surface area contributed by atoms with Gasteiger partial charge in [-0.3, -0.25) is 4.99 Å². The normalized spacial score (nSPS) is 17.3. The van der Waals surface area contributed by atoms with Gasteiger partial charge in [0.2, 0.25) is 0 Å². The van der Waals surface area contributed by atoms with Crippen LogP contribution < -0.4 is 10.6 Å². The third-order valence-electron chi connectivity index (χ3n) is 4.34. The number of aliphatic imine (C=N–C) groups is 1. The lowest BCUT2D eigenvalue weighted by Gasteiger charge is -2.43. The quantitative estimate of drug-likeness (QED) is 0.494. The maximum absolute atomic E-state index is 12.9. The molecule has 2 N–H and O–H groups in total. The monoisotopic (exact) mass is 325 g/mol. The van der Waals surface area contributed by atoms with E-state index in [-0.39, 0.29) is 5.41 Å². The number of nitrogens with zero attached hydrogens (tertiary/aromatic N) is 1. The summed E-state index contributed by atoms with van der Waals surface area (Å²) < 4.78 is 38.8. The third-order valence-corrected chi connectivity index (χ3v) is 4.34. The highest BCUT2D eigenvalue weighted by molar-refractivity contribution is 5.79. The van der Waals surface area contributed by atoms with Gasteiger partial charge in [0.25, 0.3) is 0 Å². The van der Waals surface area contributed by atoms with Crippen LogP contribution in [0.25, 0.3) is 0 Å². The minimum Gasteiger partial charge on any atom is -0.356 e. The zero-order valence-corrected chi connectivity index (χ0v) is 13.2. The van der Waals surface area contributed by atoms with E-state index in [1.165, 1.54) is 12.1 Å². The second-order valence-corrected chi connectivity index (χ2v) is 5.81. The highest BCUT2D eigenvalue weighted by Gasteiger charge is 2.40. The summed E-state index contributed by atoms with van der Waals surface area (Å²) >= 11 is 0. The van der Waals surface area contributed by atoms with Crippen molar-refractivity contribution in [2.24, 2.45) is 4.99 Å². The number of benzene rings is 1. The summed E-state index contributed by atoms with van der Waals surface area (Å²) in [6, 6.07) is 5.67. The molecule has 1 aliphatic carbocycles. The number of hydrogen-bond acceptors (Lipinski definition) is 1. The Morgan fingerprint density at radius 2 is 2.09 bits per heavy atom. The fraction of sp³-hybridized carbons (Fsp3) is 0.471. The maximum Gasteiger partial charge on any atom is 0.416 e. The van der Waals surface area contributed by atoms with E-state index in [0.717, 1.165) is 30.9 Å². The first kappa shape index (κ1) is 17.4. The number of guanidine groups is 1. The lowest BCUT2D eigenvalue weighted by molar-refractivity contribution is -0.137. The molecule has 6 heteroatoms. The average molecular weight is 325 g/mol. The van der Waals surface area contributed by atoms with Gasteiger partial charge < -0.3 is 10.6 Å². The first-order valence-corrected chi connectivity index (χ1v) is 7.64. The number of hydrogen-bond donors (Lipinski definition) is 2. The molecule has 3 nitrogen and oxygen atoms in total. The van der Waals surface area contributed by atoms with Gasteiger partial charge in [0.05, 0.1) is 5.56 Å². The van der Waals surface area contributed by atoms with Crippen molar-refractivity contribution in [2.75, 3.05) is 20.1 Å². The van der Waals surface area contributed by atoms with Crippen molar-refractivity contribution in [3.05, 3.63) is 48.0 Å². The van der Waals surface area contributed by atoms with Crippen molar-refractivity contribution in [3.8, 4) is 0 Å². The van der Waals surface area contributed by atoms with Gasteiger partial charge in [-0.2, -0.15) is 13.2 Å². The minimum atomic E-state index is -4.31. The molecular formula is C17H22F3N3. The van der Waals surface area contributed by atoms with Crippen molar-refractivity contribution < 1.29 is 13.2 Å². The number of halogens is 3. The summed E-state index contributed by atoms with van der Waals surface area (Å²) in [6.45, 7) is 4.77. The molecule has 1 aliphatic rings. The van der Waals surface area contributed by atoms with Gasteiger partial charge in [-0.1, -0.05) is 30.7 Å². The fourth-order valence-electron chi connectivity index (χ4n) is 2.84. The zero-order chi connectivity index (χ0) is 16.9. The van der Waals surface area contributed by atoms with Gasteiger partial charge in [-0.15, -0.1) is 6.58 Å². The van der Waals surface area contributed by atoms with Crippen LogP contribution in [0.4, 0.5) is 13.2 Å². The SMILES string of the molecule is C=CCNC(=NC)NCC1(c2cccc(C(F)(F)F)c2)CCC1. The van der Waals surface area contributed by atoms with Crippen LogP contribution in [0.1, 0.15) is 30.4 Å². The van der Waals surface area contributed by atoms with Gasteiger partial charge in [-0.25, -0.2) is 0 Å². The molecule has 1 aromatic carbocycles. The molecule has 1 saturated carbocycles. The Morgan fingerprint density at radius 1 is 1.35 bits per heavy atom. The summed E-state index contributed by atoms with van der Waals surface area (Å²) in [7, 11) is 1.66. The predicted octanol–water partition coefficient (Wildman–Crippen LogP) is 3.48. The molecule has 0 saturated heterocycles. The van der Waals surface area contributed by atoms with Gasteiger partial charge in [0, 0.05) is 25.6 Å². The Hall–Kier alpha value is -1.98. The van der Waals surface area contributed by atoms with Crippen molar-refractivity contribution in [1.82, 2.24) is 10.6 Å². The summed E-state index contributed by atoms with van der Waals surface area (Å²) in [5, 5.41) is 6.28. The van der Waals surface area contributed by atoms with Crippen molar-refractivity contribution in [2.45, 2.75) is 30.9 Å². The Labute approximate surface area is 134 Å². The predicted molar refractivity (Wildman–Crippen MR) is 86.5 cm³/mol. The molecule has 0 spiro atoms. The first-order valence-electron chi connectivity index (χ1n) is 7.64. The number of alkyl halides is 3. The number of nitrogens with one attached hydrogen (secondary N) is 2. The van der Waals surface area contributed by atoms with E-state index in [9.17, 15) is 13.2 Å². The summed E-state index contributed by atoms with van der Waals surface area (Å²) in [5.74, 6) is 0.628. The van der Waals surface area contributed by atoms with Crippen LogP contribution in [0.2, 0.25) is 0 Å². The minimum absolute atomic E-state index is 0.257. The van der Waals surface area contributed by atoms with Crippen molar-refractivity contribution >= 4 is 5.96 Å². The highest BCUT2D eigenvalue weighted by atomic mass is 19.4. The molecule has 2 rings (SSSR count). The van der Waals surface area contributed by atoms with E-state index in [4.69, 9.17) is 0 Å². The highest BCUT2D eigenvalue weighted by Crippen LogP contribution is 2.44. The van der Waals surface area contributed by atoms with Crippen LogP contribution in [0.3, 0.4) is 0 Å². The van der Waals surface area contributed by atoms with Gasteiger partial charge in [0.1, 0.15) is 0 Å². The topological polar surface area (TPSA) is 36.4 Å². The smallest absolute Gasteiger partial charge is 0.356 e. The summed E-state index contributed by atoms with van der Waals surface area (Å²) in [4.78, 5) is 4.10. The zero-order valence-electron chi connectivity index (χ0n) is 13.2. The standard InChI is InChI=1S/C17H22F3N3/c1-3-10-22-15(21-2)23-12-16(8-5-9-16)13-6-4-7-14(11-13)17(18,19)20/h3-4,6-7,11H,1,5,8-10,12H2,2H3,(H2,21,22,23). The van der Waals surface area contributed by atoms with E-state index in [2.05, 4.69) is 22.2 Å². The number of rotatable bonds is 5.